The third-order valence-corrected chi connectivity index (χ3v) is 7.53. The fourth-order valence-corrected chi connectivity index (χ4v) is 5.32. The first-order valence-corrected chi connectivity index (χ1v) is 12.6. The summed E-state index contributed by atoms with van der Waals surface area (Å²) in [7, 11) is 0. The van der Waals surface area contributed by atoms with Gasteiger partial charge >= 0.3 is 0 Å². The van der Waals surface area contributed by atoms with E-state index in [2.05, 4.69) is 69.4 Å². The van der Waals surface area contributed by atoms with Gasteiger partial charge in [0, 0.05) is 34.7 Å². The maximum Gasteiger partial charge on any atom is 0.128 e. The van der Waals surface area contributed by atoms with Crippen molar-refractivity contribution in [2.75, 3.05) is 19.6 Å². The van der Waals surface area contributed by atoms with E-state index >= 15 is 0 Å². The van der Waals surface area contributed by atoms with Crippen LogP contribution in [0.3, 0.4) is 0 Å². The molecule has 0 amide bonds. The number of nitrogens with zero attached hydrogens (tertiary/aromatic N) is 1. The molecular weight excluding hydrogens is 498 g/mol. The van der Waals surface area contributed by atoms with Gasteiger partial charge in [-0.25, -0.2) is 0 Å². The first-order valence-electron chi connectivity index (χ1n) is 11.4. The third-order valence-electron chi connectivity index (χ3n) is 6.78. The molecule has 0 aliphatic carbocycles. The molecule has 1 N–H and O–H groups in total. The van der Waals surface area contributed by atoms with Gasteiger partial charge in [0.1, 0.15) is 12.4 Å². The van der Waals surface area contributed by atoms with E-state index in [0.29, 0.717) is 11.6 Å². The molecule has 33 heavy (non-hydrogen) atoms. The van der Waals surface area contributed by atoms with Gasteiger partial charge in [-0.3, -0.25) is 0 Å². The lowest BCUT2D eigenvalue weighted by atomic mass is 9.84. The minimum Gasteiger partial charge on any atom is -0.488 e. The lowest BCUT2D eigenvalue weighted by molar-refractivity contribution is -0.0254. The number of ether oxygens (including phenoxy) is 1. The van der Waals surface area contributed by atoms with Crippen molar-refractivity contribution in [1.29, 1.82) is 0 Å². The van der Waals surface area contributed by atoms with Crippen molar-refractivity contribution in [3.8, 4) is 5.75 Å². The number of fused-ring (bicyclic) bond motifs is 2. The van der Waals surface area contributed by atoms with Crippen LogP contribution in [0.1, 0.15) is 41.5 Å². The Morgan fingerprint density at radius 1 is 1.00 bits per heavy atom. The molecule has 0 unspecified atom stereocenters. The summed E-state index contributed by atoms with van der Waals surface area (Å²) < 4.78 is 7.16. The van der Waals surface area contributed by atoms with Crippen molar-refractivity contribution in [1.82, 2.24) is 4.90 Å². The molecule has 170 valence electrons. The second kappa shape index (κ2) is 9.63. The summed E-state index contributed by atoms with van der Waals surface area (Å²) in [5.74, 6) is 0.915. The maximum absolute atomic E-state index is 11.2. The van der Waals surface area contributed by atoms with Crippen molar-refractivity contribution in [3.05, 3.63) is 105 Å². The van der Waals surface area contributed by atoms with E-state index in [1.165, 1.54) is 16.7 Å². The standard InChI is InChI=1S/C28H27BrClNO2/c29-22-9-12-26-25(24-5-2-1-4-20(24)19-33-27(26)18-22)6-3-15-31-16-13-28(32,14-17-31)21-7-10-23(30)11-8-21/h1-2,4-12,18,32H,3,13-17,19H2/b25-6+. The molecule has 3 aromatic carbocycles. The molecule has 0 aromatic heterocycles. The summed E-state index contributed by atoms with van der Waals surface area (Å²) in [6.45, 7) is 3.30. The molecule has 0 saturated carbocycles. The quantitative estimate of drug-likeness (QED) is 0.407. The Labute approximate surface area is 208 Å². The average Bonchev–Trinajstić information content (AvgIpc) is 2.98. The van der Waals surface area contributed by atoms with E-state index in [1.54, 1.807) is 0 Å². The number of halogens is 2. The second-order valence-corrected chi connectivity index (χ2v) is 10.2. The largest absolute Gasteiger partial charge is 0.488 e. The SMILES string of the molecule is OC1(c2ccc(Cl)cc2)CCN(CC/C=C2\c3ccccc3COc3cc(Br)ccc32)CC1. The number of piperidine rings is 1. The van der Waals surface area contributed by atoms with Crippen LogP contribution in [-0.2, 0) is 12.2 Å². The molecule has 3 nitrogen and oxygen atoms in total. The molecule has 2 heterocycles. The summed E-state index contributed by atoms with van der Waals surface area (Å²) in [6, 6.07) is 22.4. The van der Waals surface area contributed by atoms with Crippen molar-refractivity contribution in [3.63, 3.8) is 0 Å². The zero-order valence-corrected chi connectivity index (χ0v) is 20.8. The van der Waals surface area contributed by atoms with Gasteiger partial charge in [-0.15, -0.1) is 0 Å². The van der Waals surface area contributed by atoms with E-state index in [-0.39, 0.29) is 0 Å². The van der Waals surface area contributed by atoms with E-state index in [1.807, 2.05) is 24.3 Å². The van der Waals surface area contributed by atoms with Gasteiger partial charge in [-0.1, -0.05) is 70.0 Å². The van der Waals surface area contributed by atoms with Gasteiger partial charge in [0.25, 0.3) is 0 Å². The van der Waals surface area contributed by atoms with Gasteiger partial charge in [-0.05, 0) is 71.9 Å². The molecule has 0 radical (unpaired) electrons. The van der Waals surface area contributed by atoms with E-state index in [4.69, 9.17) is 16.3 Å². The third kappa shape index (κ3) is 4.90. The van der Waals surface area contributed by atoms with Crippen LogP contribution in [0.25, 0.3) is 5.57 Å². The topological polar surface area (TPSA) is 32.7 Å². The fraction of sp³-hybridized carbons (Fsp3) is 0.286. The van der Waals surface area contributed by atoms with Crippen molar-refractivity contribution in [2.45, 2.75) is 31.5 Å². The lowest BCUT2D eigenvalue weighted by Crippen LogP contribution is -2.42. The first kappa shape index (κ1) is 22.7. The summed E-state index contributed by atoms with van der Waals surface area (Å²) in [5.41, 5.74) is 5.03. The van der Waals surface area contributed by atoms with Crippen LogP contribution in [0, 0.1) is 0 Å². The Morgan fingerprint density at radius 2 is 1.76 bits per heavy atom. The lowest BCUT2D eigenvalue weighted by Gasteiger charge is -2.38. The highest BCUT2D eigenvalue weighted by molar-refractivity contribution is 9.10. The summed E-state index contributed by atoms with van der Waals surface area (Å²) in [6.07, 6.45) is 4.76. The molecular formula is C28H27BrClNO2. The number of rotatable bonds is 4. The van der Waals surface area contributed by atoms with Crippen LogP contribution >= 0.6 is 27.5 Å². The zero-order chi connectivity index (χ0) is 22.8. The van der Waals surface area contributed by atoms with Crippen LogP contribution in [0.4, 0.5) is 0 Å². The first-order chi connectivity index (χ1) is 16.0. The van der Waals surface area contributed by atoms with Crippen LogP contribution in [-0.4, -0.2) is 29.6 Å². The maximum atomic E-state index is 11.2. The molecule has 1 saturated heterocycles. The van der Waals surface area contributed by atoms with Crippen LogP contribution in [0.15, 0.2) is 77.3 Å². The Morgan fingerprint density at radius 3 is 2.55 bits per heavy atom. The van der Waals surface area contributed by atoms with E-state index in [0.717, 1.165) is 60.2 Å². The predicted octanol–water partition coefficient (Wildman–Crippen LogP) is 6.80. The molecule has 5 heteroatoms. The average molecular weight is 525 g/mol. The van der Waals surface area contributed by atoms with Crippen LogP contribution in [0.5, 0.6) is 5.75 Å². The number of hydrogen-bond donors (Lipinski definition) is 1. The molecule has 0 atom stereocenters. The van der Waals surface area contributed by atoms with Crippen LogP contribution in [0.2, 0.25) is 5.02 Å². The molecule has 0 spiro atoms. The van der Waals surface area contributed by atoms with E-state index in [9.17, 15) is 5.11 Å². The van der Waals surface area contributed by atoms with Gasteiger partial charge in [-0.2, -0.15) is 0 Å². The minimum absolute atomic E-state index is 0.576. The molecule has 2 aliphatic heterocycles. The second-order valence-electron chi connectivity index (χ2n) is 8.87. The monoisotopic (exact) mass is 523 g/mol. The van der Waals surface area contributed by atoms with E-state index < -0.39 is 5.60 Å². The van der Waals surface area contributed by atoms with Gasteiger partial charge in [0.15, 0.2) is 0 Å². The molecule has 3 aromatic rings. The highest BCUT2D eigenvalue weighted by atomic mass is 79.9. The Kier molecular flexibility index (Phi) is 6.62. The highest BCUT2D eigenvalue weighted by Gasteiger charge is 2.33. The number of hydrogen-bond acceptors (Lipinski definition) is 3. The highest BCUT2D eigenvalue weighted by Crippen LogP contribution is 2.38. The van der Waals surface area contributed by atoms with Gasteiger partial charge in [0.05, 0.1) is 5.60 Å². The summed E-state index contributed by atoms with van der Waals surface area (Å²) >= 11 is 9.59. The van der Waals surface area contributed by atoms with Crippen LogP contribution < -0.4 is 4.74 Å². The fourth-order valence-electron chi connectivity index (χ4n) is 4.85. The smallest absolute Gasteiger partial charge is 0.128 e. The van der Waals surface area contributed by atoms with Crippen molar-refractivity contribution >= 4 is 33.1 Å². The molecule has 1 fully saturated rings. The number of likely N-dealkylation sites (tertiary alicyclic amines) is 1. The zero-order valence-electron chi connectivity index (χ0n) is 18.4. The normalized spacial score (nSPS) is 18.8. The van der Waals surface area contributed by atoms with Crippen molar-refractivity contribution < 1.29 is 9.84 Å². The Hall–Kier alpha value is -2.11. The summed E-state index contributed by atoms with van der Waals surface area (Å²) in [5, 5.41) is 11.9. The molecule has 5 rings (SSSR count). The van der Waals surface area contributed by atoms with Crippen molar-refractivity contribution in [2.24, 2.45) is 0 Å². The minimum atomic E-state index is -0.760. The van der Waals surface area contributed by atoms with Gasteiger partial charge < -0.3 is 14.7 Å². The number of benzene rings is 3. The Bertz CT molecular complexity index is 1170. The molecule has 0 bridgehead atoms. The summed E-state index contributed by atoms with van der Waals surface area (Å²) in [4.78, 5) is 2.45. The molecule has 2 aliphatic rings. The Balaban J connectivity index is 1.30. The predicted molar refractivity (Wildman–Crippen MR) is 138 cm³/mol. The van der Waals surface area contributed by atoms with Gasteiger partial charge in [0.2, 0.25) is 0 Å². The number of aliphatic hydroxyl groups is 1.